The summed E-state index contributed by atoms with van der Waals surface area (Å²) in [5.41, 5.74) is 9.70. The Morgan fingerprint density at radius 2 is 1.29 bits per heavy atom. The van der Waals surface area contributed by atoms with Crippen LogP contribution in [0.3, 0.4) is 0 Å². The van der Waals surface area contributed by atoms with Crippen LogP contribution in [0.2, 0.25) is 0 Å². The van der Waals surface area contributed by atoms with Crippen molar-refractivity contribution >= 4 is 15.9 Å². The van der Waals surface area contributed by atoms with Crippen molar-refractivity contribution in [2.24, 2.45) is 0 Å². The van der Waals surface area contributed by atoms with E-state index in [1.54, 1.807) is 0 Å². The highest BCUT2D eigenvalue weighted by molar-refractivity contribution is 9.10. The molecule has 0 fully saturated rings. The molecule has 2 rings (SSSR count). The van der Waals surface area contributed by atoms with Gasteiger partial charge in [0.2, 0.25) is 0 Å². The van der Waals surface area contributed by atoms with Crippen LogP contribution in [-0.4, -0.2) is 7.05 Å². The fourth-order valence-corrected chi connectivity index (χ4v) is 3.64. The van der Waals surface area contributed by atoms with Gasteiger partial charge in [0, 0.05) is 4.47 Å². The summed E-state index contributed by atoms with van der Waals surface area (Å²) in [7, 11) is 2.04. The van der Waals surface area contributed by atoms with Crippen molar-refractivity contribution in [2.75, 3.05) is 7.05 Å². The van der Waals surface area contributed by atoms with E-state index in [0.29, 0.717) is 0 Å². The summed E-state index contributed by atoms with van der Waals surface area (Å²) in [6.45, 7) is 11.2. The normalized spacial score (nSPS) is 12.5. The quantitative estimate of drug-likeness (QED) is 0.795. The number of halogens is 1. The van der Waals surface area contributed by atoms with Gasteiger partial charge in [0.25, 0.3) is 0 Å². The second-order valence-electron chi connectivity index (χ2n) is 5.78. The summed E-state index contributed by atoms with van der Waals surface area (Å²) >= 11 is 3.70. The third-order valence-corrected chi connectivity index (χ3v) is 5.57. The lowest BCUT2D eigenvalue weighted by molar-refractivity contribution is 0.678. The van der Waals surface area contributed by atoms with E-state index in [-0.39, 0.29) is 6.04 Å². The minimum Gasteiger partial charge on any atom is -0.309 e. The standard InChI is InChI=1S/C19H24BrN/c1-11-12(2)14(4)18(15(5)13(11)3)19(21-6)16-9-7-8-10-17(16)20/h7-10,19,21H,1-6H3. The second kappa shape index (κ2) is 6.33. The Hall–Kier alpha value is -1.12. The Kier molecular flexibility index (Phi) is 4.90. The number of nitrogens with one attached hydrogen (secondary N) is 1. The summed E-state index contributed by atoms with van der Waals surface area (Å²) in [6.07, 6.45) is 0. The predicted octanol–water partition coefficient (Wildman–Crippen LogP) is 5.30. The van der Waals surface area contributed by atoms with E-state index in [1.807, 2.05) is 7.05 Å². The van der Waals surface area contributed by atoms with Crippen LogP contribution in [0.1, 0.15) is 45.0 Å². The van der Waals surface area contributed by atoms with Gasteiger partial charge in [0.05, 0.1) is 6.04 Å². The molecule has 0 aliphatic rings. The van der Waals surface area contributed by atoms with Crippen molar-refractivity contribution in [1.82, 2.24) is 5.32 Å². The molecule has 0 aliphatic carbocycles. The van der Waals surface area contributed by atoms with Crippen LogP contribution < -0.4 is 5.32 Å². The van der Waals surface area contributed by atoms with E-state index in [2.05, 4.69) is 80.1 Å². The maximum Gasteiger partial charge on any atom is 0.0590 e. The number of rotatable bonds is 3. The van der Waals surface area contributed by atoms with Gasteiger partial charge in [-0.3, -0.25) is 0 Å². The van der Waals surface area contributed by atoms with Crippen LogP contribution in [0.5, 0.6) is 0 Å². The van der Waals surface area contributed by atoms with Crippen molar-refractivity contribution in [2.45, 2.75) is 40.7 Å². The topological polar surface area (TPSA) is 12.0 Å². The molecule has 0 amide bonds. The highest BCUT2D eigenvalue weighted by atomic mass is 79.9. The van der Waals surface area contributed by atoms with Gasteiger partial charge < -0.3 is 5.32 Å². The molecule has 0 spiro atoms. The third kappa shape index (κ3) is 2.79. The molecule has 1 atom stereocenters. The first-order chi connectivity index (χ1) is 9.90. The average Bonchev–Trinajstić information content (AvgIpc) is 2.48. The predicted molar refractivity (Wildman–Crippen MR) is 95.2 cm³/mol. The van der Waals surface area contributed by atoms with E-state index in [1.165, 1.54) is 38.9 Å². The fraction of sp³-hybridized carbons (Fsp3) is 0.368. The Morgan fingerprint density at radius 1 is 0.810 bits per heavy atom. The molecule has 0 aromatic heterocycles. The summed E-state index contributed by atoms with van der Waals surface area (Å²) in [6, 6.07) is 8.67. The van der Waals surface area contributed by atoms with E-state index >= 15 is 0 Å². The highest BCUT2D eigenvalue weighted by Crippen LogP contribution is 2.35. The second-order valence-corrected chi connectivity index (χ2v) is 6.64. The largest absolute Gasteiger partial charge is 0.309 e. The molecule has 0 heterocycles. The van der Waals surface area contributed by atoms with Crippen LogP contribution in [-0.2, 0) is 0 Å². The van der Waals surface area contributed by atoms with E-state index < -0.39 is 0 Å². The first kappa shape index (κ1) is 16.3. The first-order valence-electron chi connectivity index (χ1n) is 7.38. The van der Waals surface area contributed by atoms with E-state index in [0.717, 1.165) is 4.47 Å². The Labute approximate surface area is 136 Å². The van der Waals surface area contributed by atoms with Crippen molar-refractivity contribution in [3.05, 3.63) is 67.7 Å². The van der Waals surface area contributed by atoms with Crippen LogP contribution in [0, 0.1) is 34.6 Å². The molecule has 0 radical (unpaired) electrons. The van der Waals surface area contributed by atoms with Crippen LogP contribution in [0.15, 0.2) is 28.7 Å². The highest BCUT2D eigenvalue weighted by Gasteiger charge is 2.21. The monoisotopic (exact) mass is 345 g/mol. The Balaban J connectivity index is 2.73. The average molecular weight is 346 g/mol. The summed E-state index contributed by atoms with van der Waals surface area (Å²) < 4.78 is 1.15. The zero-order valence-electron chi connectivity index (χ0n) is 13.8. The minimum atomic E-state index is 0.207. The van der Waals surface area contributed by atoms with Gasteiger partial charge >= 0.3 is 0 Å². The molecular formula is C19H24BrN. The molecule has 112 valence electrons. The van der Waals surface area contributed by atoms with Crippen LogP contribution in [0.4, 0.5) is 0 Å². The van der Waals surface area contributed by atoms with Crippen molar-refractivity contribution in [1.29, 1.82) is 0 Å². The number of hydrogen-bond donors (Lipinski definition) is 1. The van der Waals surface area contributed by atoms with Crippen molar-refractivity contribution in [3.8, 4) is 0 Å². The number of benzene rings is 2. The first-order valence-corrected chi connectivity index (χ1v) is 8.18. The Bertz CT molecular complexity index is 645. The lowest BCUT2D eigenvalue weighted by Crippen LogP contribution is -2.21. The molecular weight excluding hydrogens is 322 g/mol. The molecule has 2 aromatic rings. The molecule has 0 saturated heterocycles. The SMILES string of the molecule is CNC(c1ccccc1Br)c1c(C)c(C)c(C)c(C)c1C. The van der Waals surface area contributed by atoms with Gasteiger partial charge in [-0.05, 0) is 86.7 Å². The van der Waals surface area contributed by atoms with E-state index in [4.69, 9.17) is 0 Å². The maximum absolute atomic E-state index is 3.70. The summed E-state index contributed by atoms with van der Waals surface area (Å²) in [5.74, 6) is 0. The van der Waals surface area contributed by atoms with Gasteiger partial charge in [0.1, 0.15) is 0 Å². The molecule has 0 saturated carbocycles. The van der Waals surface area contributed by atoms with Crippen molar-refractivity contribution in [3.63, 3.8) is 0 Å². The molecule has 0 aliphatic heterocycles. The van der Waals surface area contributed by atoms with Gasteiger partial charge in [0.15, 0.2) is 0 Å². The van der Waals surface area contributed by atoms with Gasteiger partial charge in [-0.2, -0.15) is 0 Å². The minimum absolute atomic E-state index is 0.207. The lowest BCUT2D eigenvalue weighted by atomic mass is 9.84. The Morgan fingerprint density at radius 3 is 1.76 bits per heavy atom. The fourth-order valence-electron chi connectivity index (χ4n) is 3.13. The molecule has 0 bridgehead atoms. The molecule has 1 nitrogen and oxygen atoms in total. The molecule has 2 heteroatoms. The molecule has 21 heavy (non-hydrogen) atoms. The summed E-state index contributed by atoms with van der Waals surface area (Å²) in [4.78, 5) is 0. The van der Waals surface area contributed by atoms with Crippen LogP contribution >= 0.6 is 15.9 Å². The van der Waals surface area contributed by atoms with Crippen molar-refractivity contribution < 1.29 is 0 Å². The molecule has 1 unspecified atom stereocenters. The van der Waals surface area contributed by atoms with E-state index in [9.17, 15) is 0 Å². The third-order valence-electron chi connectivity index (χ3n) is 4.85. The van der Waals surface area contributed by atoms with Gasteiger partial charge in [-0.1, -0.05) is 34.1 Å². The summed E-state index contributed by atoms with van der Waals surface area (Å²) in [5, 5.41) is 3.50. The van der Waals surface area contributed by atoms with Crippen LogP contribution in [0.25, 0.3) is 0 Å². The molecule has 1 N–H and O–H groups in total. The van der Waals surface area contributed by atoms with Gasteiger partial charge in [-0.15, -0.1) is 0 Å². The lowest BCUT2D eigenvalue weighted by Gasteiger charge is -2.26. The maximum atomic E-state index is 3.70. The van der Waals surface area contributed by atoms with Gasteiger partial charge in [-0.25, -0.2) is 0 Å². The zero-order valence-corrected chi connectivity index (χ0v) is 15.4. The number of hydrogen-bond acceptors (Lipinski definition) is 1. The molecule has 2 aromatic carbocycles. The zero-order chi connectivity index (χ0) is 15.7. The smallest absolute Gasteiger partial charge is 0.0590 e.